The normalized spacial score (nSPS) is 10.2. The molecule has 1 N–H and O–H groups in total. The molecule has 0 radical (unpaired) electrons. The standard InChI is InChI=1S/C13H8Cl3NO/c14-9-1-3-12(4-2-9)17-13(18)8-5-10(15)7-11(16)6-8/h1-7H,(H,17,18). The fraction of sp³-hybridized carbons (Fsp3) is 0. The summed E-state index contributed by atoms with van der Waals surface area (Å²) in [6.07, 6.45) is 0. The quantitative estimate of drug-likeness (QED) is 0.840. The van der Waals surface area contributed by atoms with Crippen LogP contribution < -0.4 is 5.32 Å². The van der Waals surface area contributed by atoms with E-state index in [2.05, 4.69) is 5.32 Å². The molecule has 0 fully saturated rings. The van der Waals surface area contributed by atoms with E-state index >= 15 is 0 Å². The van der Waals surface area contributed by atoms with Crippen LogP contribution in [0.1, 0.15) is 10.4 Å². The maximum absolute atomic E-state index is 11.9. The highest BCUT2D eigenvalue weighted by Gasteiger charge is 2.08. The van der Waals surface area contributed by atoms with Crippen molar-refractivity contribution in [2.45, 2.75) is 0 Å². The van der Waals surface area contributed by atoms with E-state index in [0.29, 0.717) is 26.3 Å². The second-order valence-electron chi connectivity index (χ2n) is 3.62. The fourth-order valence-electron chi connectivity index (χ4n) is 1.42. The van der Waals surface area contributed by atoms with Gasteiger partial charge in [0.2, 0.25) is 0 Å². The lowest BCUT2D eigenvalue weighted by molar-refractivity contribution is 0.102. The molecule has 92 valence electrons. The smallest absolute Gasteiger partial charge is 0.255 e. The number of carbonyl (C=O) groups is 1. The van der Waals surface area contributed by atoms with Crippen LogP contribution in [-0.4, -0.2) is 5.91 Å². The molecule has 0 aliphatic carbocycles. The Labute approximate surface area is 119 Å². The molecule has 18 heavy (non-hydrogen) atoms. The Morgan fingerprint density at radius 3 is 1.94 bits per heavy atom. The zero-order valence-corrected chi connectivity index (χ0v) is 11.4. The van der Waals surface area contributed by atoms with E-state index in [0.717, 1.165) is 0 Å². The van der Waals surface area contributed by atoms with Crippen LogP contribution in [-0.2, 0) is 0 Å². The maximum atomic E-state index is 11.9. The lowest BCUT2D eigenvalue weighted by Crippen LogP contribution is -2.11. The molecule has 0 heterocycles. The van der Waals surface area contributed by atoms with Gasteiger partial charge >= 0.3 is 0 Å². The van der Waals surface area contributed by atoms with Gasteiger partial charge in [-0.2, -0.15) is 0 Å². The number of benzene rings is 2. The zero-order chi connectivity index (χ0) is 13.1. The molecule has 0 aromatic heterocycles. The Kier molecular flexibility index (Phi) is 4.12. The van der Waals surface area contributed by atoms with E-state index < -0.39 is 0 Å². The summed E-state index contributed by atoms with van der Waals surface area (Å²) in [6.45, 7) is 0. The molecule has 0 unspecified atom stereocenters. The van der Waals surface area contributed by atoms with Crippen LogP contribution in [0.15, 0.2) is 42.5 Å². The van der Waals surface area contributed by atoms with Gasteiger partial charge in [0, 0.05) is 26.3 Å². The van der Waals surface area contributed by atoms with Gasteiger partial charge in [-0.15, -0.1) is 0 Å². The van der Waals surface area contributed by atoms with Gasteiger partial charge < -0.3 is 5.32 Å². The summed E-state index contributed by atoms with van der Waals surface area (Å²) in [5.41, 5.74) is 1.06. The SMILES string of the molecule is O=C(Nc1ccc(Cl)cc1)c1cc(Cl)cc(Cl)c1. The van der Waals surface area contributed by atoms with Crippen LogP contribution in [0.3, 0.4) is 0 Å². The minimum absolute atomic E-state index is 0.276. The fourth-order valence-corrected chi connectivity index (χ4v) is 2.07. The highest BCUT2D eigenvalue weighted by atomic mass is 35.5. The molecule has 0 aliphatic heterocycles. The largest absolute Gasteiger partial charge is 0.322 e. The van der Waals surface area contributed by atoms with Crippen LogP contribution in [0, 0.1) is 0 Å². The summed E-state index contributed by atoms with van der Waals surface area (Å²) < 4.78 is 0. The molecule has 2 rings (SSSR count). The monoisotopic (exact) mass is 299 g/mol. The predicted octanol–water partition coefficient (Wildman–Crippen LogP) is 4.90. The minimum atomic E-state index is -0.276. The lowest BCUT2D eigenvalue weighted by atomic mass is 10.2. The van der Waals surface area contributed by atoms with Crippen molar-refractivity contribution in [3.05, 3.63) is 63.1 Å². The number of nitrogens with one attached hydrogen (secondary N) is 1. The number of hydrogen-bond acceptors (Lipinski definition) is 1. The van der Waals surface area contributed by atoms with E-state index in [9.17, 15) is 4.79 Å². The van der Waals surface area contributed by atoms with Crippen molar-refractivity contribution in [1.29, 1.82) is 0 Å². The Hall–Kier alpha value is -1.22. The van der Waals surface area contributed by atoms with Crippen molar-refractivity contribution in [3.8, 4) is 0 Å². The number of hydrogen-bond donors (Lipinski definition) is 1. The summed E-state index contributed by atoms with van der Waals surface area (Å²) in [5.74, 6) is -0.276. The first-order chi connectivity index (χ1) is 8.54. The first-order valence-corrected chi connectivity index (χ1v) is 6.21. The van der Waals surface area contributed by atoms with E-state index in [1.807, 2.05) is 0 Å². The van der Waals surface area contributed by atoms with Crippen molar-refractivity contribution in [2.75, 3.05) is 5.32 Å². The molecule has 0 spiro atoms. The molecule has 1 amide bonds. The van der Waals surface area contributed by atoms with Crippen molar-refractivity contribution in [2.24, 2.45) is 0 Å². The van der Waals surface area contributed by atoms with Crippen LogP contribution in [0.2, 0.25) is 15.1 Å². The van der Waals surface area contributed by atoms with Gasteiger partial charge in [0.15, 0.2) is 0 Å². The third-order valence-corrected chi connectivity index (χ3v) is 2.92. The molecule has 2 aromatic rings. The predicted molar refractivity (Wildman–Crippen MR) is 75.9 cm³/mol. The lowest BCUT2D eigenvalue weighted by Gasteiger charge is -2.06. The molecule has 2 aromatic carbocycles. The number of amides is 1. The molecule has 2 nitrogen and oxygen atoms in total. The van der Waals surface area contributed by atoms with Gasteiger partial charge in [-0.3, -0.25) is 4.79 Å². The van der Waals surface area contributed by atoms with Gasteiger partial charge in [-0.05, 0) is 42.5 Å². The number of anilines is 1. The number of carbonyl (C=O) groups excluding carboxylic acids is 1. The van der Waals surface area contributed by atoms with Crippen LogP contribution >= 0.6 is 34.8 Å². The molecular formula is C13H8Cl3NO. The molecule has 0 atom stereocenters. The third kappa shape index (κ3) is 3.39. The van der Waals surface area contributed by atoms with Crippen molar-refractivity contribution < 1.29 is 4.79 Å². The van der Waals surface area contributed by atoms with Crippen molar-refractivity contribution >= 4 is 46.4 Å². The maximum Gasteiger partial charge on any atom is 0.255 e. The van der Waals surface area contributed by atoms with E-state index in [4.69, 9.17) is 34.8 Å². The van der Waals surface area contributed by atoms with Crippen LogP contribution in [0.5, 0.6) is 0 Å². The third-order valence-electron chi connectivity index (χ3n) is 2.23. The average molecular weight is 301 g/mol. The van der Waals surface area contributed by atoms with E-state index in [-0.39, 0.29) is 5.91 Å². The van der Waals surface area contributed by atoms with Gasteiger partial charge in [0.05, 0.1) is 0 Å². The summed E-state index contributed by atoms with van der Waals surface area (Å²) in [6, 6.07) is 11.5. The molecule has 0 saturated carbocycles. The number of halogens is 3. The van der Waals surface area contributed by atoms with Crippen LogP contribution in [0.4, 0.5) is 5.69 Å². The first kappa shape index (κ1) is 13.2. The molecule has 0 aliphatic rings. The van der Waals surface area contributed by atoms with E-state index in [1.165, 1.54) is 0 Å². The Morgan fingerprint density at radius 1 is 0.833 bits per heavy atom. The zero-order valence-electron chi connectivity index (χ0n) is 9.08. The molecule has 0 saturated heterocycles. The molecule has 5 heteroatoms. The Bertz CT molecular complexity index is 561. The average Bonchev–Trinajstić information content (AvgIpc) is 2.31. The minimum Gasteiger partial charge on any atom is -0.322 e. The summed E-state index contributed by atoms with van der Waals surface area (Å²) >= 11 is 17.4. The van der Waals surface area contributed by atoms with E-state index in [1.54, 1.807) is 42.5 Å². The summed E-state index contributed by atoms with van der Waals surface area (Å²) in [4.78, 5) is 11.9. The number of rotatable bonds is 2. The highest BCUT2D eigenvalue weighted by Crippen LogP contribution is 2.20. The second-order valence-corrected chi connectivity index (χ2v) is 4.93. The van der Waals surface area contributed by atoms with Crippen molar-refractivity contribution in [3.63, 3.8) is 0 Å². The Morgan fingerprint density at radius 2 is 1.39 bits per heavy atom. The van der Waals surface area contributed by atoms with Crippen molar-refractivity contribution in [1.82, 2.24) is 0 Å². The Balaban J connectivity index is 2.19. The van der Waals surface area contributed by atoms with Gasteiger partial charge in [-0.1, -0.05) is 34.8 Å². The highest BCUT2D eigenvalue weighted by molar-refractivity contribution is 6.35. The van der Waals surface area contributed by atoms with Gasteiger partial charge in [0.1, 0.15) is 0 Å². The molecule has 0 bridgehead atoms. The topological polar surface area (TPSA) is 29.1 Å². The van der Waals surface area contributed by atoms with Crippen LogP contribution in [0.25, 0.3) is 0 Å². The van der Waals surface area contributed by atoms with Gasteiger partial charge in [-0.25, -0.2) is 0 Å². The van der Waals surface area contributed by atoms with Gasteiger partial charge in [0.25, 0.3) is 5.91 Å². The first-order valence-electron chi connectivity index (χ1n) is 5.07. The second kappa shape index (κ2) is 5.61. The molecular weight excluding hydrogens is 293 g/mol. The summed E-state index contributed by atoms with van der Waals surface area (Å²) in [5, 5.41) is 4.18. The summed E-state index contributed by atoms with van der Waals surface area (Å²) in [7, 11) is 0.